The molecule has 1 aliphatic heterocycles. The number of aromatic hydroxyl groups is 1. The Kier molecular flexibility index (Phi) is 11.5. The van der Waals surface area contributed by atoms with E-state index in [4.69, 9.17) is 11.5 Å². The van der Waals surface area contributed by atoms with Crippen molar-refractivity contribution in [2.75, 3.05) is 26.7 Å². The number of phenolic OH excluding ortho intramolecular Hbond substituents is 1. The molecule has 3 aromatic carbocycles. The fourth-order valence-corrected chi connectivity index (χ4v) is 5.39. The van der Waals surface area contributed by atoms with Gasteiger partial charge >= 0.3 is 0 Å². The van der Waals surface area contributed by atoms with Crippen LogP contribution in [0.4, 0.5) is 0 Å². The molecule has 0 spiro atoms. The van der Waals surface area contributed by atoms with Gasteiger partial charge in [-0.25, -0.2) is 0 Å². The number of carbonyl (C=O) groups is 5. The topological polar surface area (TPSA) is 221 Å². The van der Waals surface area contributed by atoms with E-state index in [2.05, 4.69) is 26.3 Å². The van der Waals surface area contributed by atoms with Crippen molar-refractivity contribution in [3.05, 3.63) is 77.9 Å². The van der Waals surface area contributed by atoms with E-state index in [0.717, 1.165) is 16.3 Å². The van der Waals surface area contributed by atoms with Crippen LogP contribution in [0.25, 0.3) is 10.8 Å². The van der Waals surface area contributed by atoms with E-state index in [-0.39, 0.29) is 44.1 Å². The monoisotopic (exact) mass is 644 g/mol. The average molecular weight is 645 g/mol. The molecule has 9 N–H and O–H groups in total. The minimum absolute atomic E-state index is 0.0155. The molecular weight excluding hydrogens is 604 g/mol. The van der Waals surface area contributed by atoms with Crippen LogP contribution >= 0.6 is 0 Å². The zero-order chi connectivity index (χ0) is 34.0. The first-order chi connectivity index (χ1) is 22.5. The molecule has 1 saturated heterocycles. The zero-order valence-electron chi connectivity index (χ0n) is 26.1. The van der Waals surface area contributed by atoms with Crippen molar-refractivity contribution >= 4 is 46.6 Å². The van der Waals surface area contributed by atoms with Crippen LogP contribution in [0.5, 0.6) is 5.75 Å². The van der Waals surface area contributed by atoms with Gasteiger partial charge in [0.1, 0.15) is 17.8 Å². The molecule has 47 heavy (non-hydrogen) atoms. The highest BCUT2D eigenvalue weighted by Gasteiger charge is 2.38. The number of guanidine groups is 1. The molecule has 4 amide bonds. The molecule has 1 aliphatic rings. The van der Waals surface area contributed by atoms with Gasteiger partial charge in [0.2, 0.25) is 23.6 Å². The van der Waals surface area contributed by atoms with Gasteiger partial charge < -0.3 is 37.8 Å². The Morgan fingerprint density at radius 1 is 0.936 bits per heavy atom. The van der Waals surface area contributed by atoms with Crippen LogP contribution < -0.4 is 32.7 Å². The lowest BCUT2D eigenvalue weighted by Gasteiger charge is -2.38. The summed E-state index contributed by atoms with van der Waals surface area (Å²) in [6.07, 6.45) is 1.03. The Hall–Kier alpha value is -5.50. The van der Waals surface area contributed by atoms with Gasteiger partial charge in [0.05, 0.1) is 13.1 Å². The first kappa shape index (κ1) is 34.4. The van der Waals surface area contributed by atoms with Gasteiger partial charge in [0.15, 0.2) is 17.9 Å². The molecule has 0 radical (unpaired) electrons. The van der Waals surface area contributed by atoms with Gasteiger partial charge in [0.25, 0.3) is 0 Å². The number of hydrogen-bond donors (Lipinski definition) is 7. The number of carbonyl (C=O) groups excluding carboxylic acids is 5. The Morgan fingerprint density at radius 2 is 1.64 bits per heavy atom. The second kappa shape index (κ2) is 15.7. The number of nitrogens with two attached hydrogens (primary N) is 2. The van der Waals surface area contributed by atoms with Gasteiger partial charge in [-0.3, -0.25) is 33.9 Å². The van der Waals surface area contributed by atoms with Crippen molar-refractivity contribution in [3.8, 4) is 5.75 Å². The molecule has 1 heterocycles. The fraction of sp³-hybridized carbons (Fsp3) is 0.333. The Balaban J connectivity index is 1.65. The van der Waals surface area contributed by atoms with Crippen LogP contribution in [-0.4, -0.2) is 90.3 Å². The smallest absolute Gasteiger partial charge is 0.243 e. The van der Waals surface area contributed by atoms with E-state index in [1.807, 2.05) is 42.5 Å². The van der Waals surface area contributed by atoms with Crippen LogP contribution in [-0.2, 0) is 36.8 Å². The first-order valence-corrected chi connectivity index (χ1v) is 15.1. The Labute approximate surface area is 272 Å². The van der Waals surface area contributed by atoms with Crippen LogP contribution in [0, 0.1) is 0 Å². The van der Waals surface area contributed by atoms with Crippen LogP contribution in [0.3, 0.4) is 0 Å². The average Bonchev–Trinajstić information content (AvgIpc) is 3.04. The summed E-state index contributed by atoms with van der Waals surface area (Å²) in [5.41, 5.74) is 10.5. The molecule has 0 aromatic heterocycles. The second-order valence-corrected chi connectivity index (χ2v) is 11.5. The fourth-order valence-electron chi connectivity index (χ4n) is 5.39. The van der Waals surface area contributed by atoms with Crippen LogP contribution in [0.2, 0.25) is 0 Å². The maximum Gasteiger partial charge on any atom is 0.243 e. The molecule has 0 aliphatic carbocycles. The lowest BCUT2D eigenvalue weighted by molar-refractivity contribution is -0.137. The summed E-state index contributed by atoms with van der Waals surface area (Å²) in [6.45, 7) is -0.673. The molecule has 248 valence electrons. The zero-order valence-corrected chi connectivity index (χ0v) is 26.1. The van der Waals surface area contributed by atoms with Gasteiger partial charge in [0, 0.05) is 19.4 Å². The number of rotatable bonds is 9. The predicted molar refractivity (Wildman–Crippen MR) is 176 cm³/mol. The van der Waals surface area contributed by atoms with E-state index < -0.39 is 47.9 Å². The number of likely N-dealkylation sites (N-methyl/N-ethyl adjacent to an activating group) is 1. The lowest BCUT2D eigenvalue weighted by atomic mass is 9.98. The van der Waals surface area contributed by atoms with E-state index in [9.17, 15) is 29.1 Å². The Morgan fingerprint density at radius 3 is 2.34 bits per heavy atom. The number of aliphatic imine (C=N–C) groups is 1. The van der Waals surface area contributed by atoms with Crippen LogP contribution in [0.15, 0.2) is 71.7 Å². The molecule has 4 rings (SSSR count). The molecule has 14 heteroatoms. The van der Waals surface area contributed by atoms with Gasteiger partial charge in [-0.05, 0) is 53.9 Å². The summed E-state index contributed by atoms with van der Waals surface area (Å²) in [7, 11) is 1.48. The minimum Gasteiger partial charge on any atom is -0.508 e. The summed E-state index contributed by atoms with van der Waals surface area (Å²) >= 11 is 0. The summed E-state index contributed by atoms with van der Waals surface area (Å²) in [4.78, 5) is 71.7. The third kappa shape index (κ3) is 9.50. The molecule has 14 nitrogen and oxygen atoms in total. The Bertz CT molecular complexity index is 1640. The van der Waals surface area contributed by atoms with Crippen molar-refractivity contribution in [1.82, 2.24) is 26.2 Å². The van der Waals surface area contributed by atoms with Gasteiger partial charge in [-0.15, -0.1) is 0 Å². The molecule has 0 bridgehead atoms. The summed E-state index contributed by atoms with van der Waals surface area (Å²) < 4.78 is 0. The maximum atomic E-state index is 13.7. The highest BCUT2D eigenvalue weighted by atomic mass is 16.3. The number of benzene rings is 3. The number of phenols is 1. The highest BCUT2D eigenvalue weighted by molar-refractivity contribution is 5.95. The normalized spacial score (nSPS) is 21.5. The molecule has 1 fully saturated rings. The molecule has 3 atom stereocenters. The van der Waals surface area contributed by atoms with Gasteiger partial charge in [-0.2, -0.15) is 0 Å². The number of nitrogens with one attached hydrogen (secondary N) is 4. The standard InChI is InChI=1S/C33H40N8O6/c1-41-19-29(45)38-26(7-4-14-36-32(34)35)31(47)39-27(16-22-8-11-23-5-2-3-6-24(23)15-22)30(46)37-18-28(44)40-33(41,20-42)17-21-9-12-25(43)13-10-21/h2-3,5-6,8-13,15,20,26-27,43H,4,7,14,16-19H2,1H3,(H,37,46)(H,38,45)(H,39,47)(H,40,44)(H4,34,35,36). The third-order valence-electron chi connectivity index (χ3n) is 7.93. The number of fused-ring (bicyclic) bond motifs is 1. The maximum absolute atomic E-state index is 13.7. The molecule has 3 unspecified atom stereocenters. The van der Waals surface area contributed by atoms with Gasteiger partial charge in [-0.1, -0.05) is 54.6 Å². The quantitative estimate of drug-likeness (QED) is 0.0685. The molecule has 3 aromatic rings. The lowest BCUT2D eigenvalue weighted by Crippen LogP contribution is -2.65. The molecule has 0 saturated carbocycles. The highest BCUT2D eigenvalue weighted by Crippen LogP contribution is 2.20. The summed E-state index contributed by atoms with van der Waals surface area (Å²) in [5.74, 6) is -2.64. The van der Waals surface area contributed by atoms with Crippen molar-refractivity contribution in [1.29, 1.82) is 0 Å². The summed E-state index contributed by atoms with van der Waals surface area (Å²) in [5, 5.41) is 22.4. The SMILES string of the molecule is CN1CC(=O)NC(CCCN=C(N)N)C(=O)NC(Cc2ccc3ccccc3c2)C(=O)NCC(=O)NC1(C=O)Cc1ccc(O)cc1. The summed E-state index contributed by atoms with van der Waals surface area (Å²) in [6, 6.07) is 17.3. The van der Waals surface area contributed by atoms with Crippen molar-refractivity contribution < 1.29 is 29.1 Å². The van der Waals surface area contributed by atoms with E-state index in [0.29, 0.717) is 18.3 Å². The third-order valence-corrected chi connectivity index (χ3v) is 7.93. The van der Waals surface area contributed by atoms with E-state index >= 15 is 0 Å². The van der Waals surface area contributed by atoms with Crippen LogP contribution in [0.1, 0.15) is 24.0 Å². The minimum atomic E-state index is -1.71. The van der Waals surface area contributed by atoms with E-state index in [1.54, 1.807) is 12.1 Å². The second-order valence-electron chi connectivity index (χ2n) is 11.5. The number of aldehydes is 1. The number of nitrogens with zero attached hydrogens (tertiary/aromatic N) is 2. The predicted octanol–water partition coefficient (Wildman–Crippen LogP) is -0.573. The number of hydrogen-bond acceptors (Lipinski definition) is 8. The molecular formula is C33H40N8O6. The van der Waals surface area contributed by atoms with Crippen molar-refractivity contribution in [2.45, 2.75) is 43.4 Å². The largest absolute Gasteiger partial charge is 0.508 e. The van der Waals surface area contributed by atoms with E-state index in [1.165, 1.54) is 24.1 Å². The van der Waals surface area contributed by atoms with Crippen molar-refractivity contribution in [3.63, 3.8) is 0 Å². The number of amides is 4. The first-order valence-electron chi connectivity index (χ1n) is 15.1. The van der Waals surface area contributed by atoms with Crippen molar-refractivity contribution in [2.24, 2.45) is 16.5 Å².